The highest BCUT2D eigenvalue weighted by Crippen LogP contribution is 2.34. The number of para-hydroxylation sites is 1. The minimum Gasteiger partial charge on any atom is -0.481 e. The predicted molar refractivity (Wildman–Crippen MR) is 447 cm³/mol. The molecule has 0 unspecified atom stereocenters. The number of morpholine rings is 2. The quantitative estimate of drug-likeness (QED) is 0.0310. The SMILES string of the molecule is CN(C)c1nc(Cc2ccc(NC(=O)c3ccc(-c4ccccc4)cc3)cc2)nc(N2CCCC2)c1CC(=O)O.CN(C)c1nc(Cc2ccc(NC(=O)c3ccc(Cl)cc3)cc2)nc(N2CCOCC2)c1CC(=O)O.CN(C)c1nc(Cc2ccc(NC(=O)c3ccc4ccccc4n3)cc2)nc(N2CCOCC2)c1CC(=O)O. The van der Waals surface area contributed by atoms with Crippen molar-refractivity contribution in [2.75, 3.05) is 153 Å². The number of carbonyl (C=O) groups excluding carboxylic acids is 3. The van der Waals surface area contributed by atoms with Crippen molar-refractivity contribution < 1.29 is 53.6 Å². The molecule has 3 aliphatic rings. The normalized spacial score (nSPS) is 13.2. The Bertz CT molecular complexity index is 5240. The fourth-order valence-corrected chi connectivity index (χ4v) is 13.7. The standard InChI is InChI=1S/C32H33N5O3.C29H30N6O4.C26H28ClN5O4/c1-36(2)30-27(21-29(38)39)31(37-18-6-7-19-37)35-28(34-30)20-22-10-16-26(17-11-22)33-32(40)25-14-12-24(13-15-25)23-8-4-3-5-9-23;1-34(2)27-22(18-26(36)37)28(35-13-15-39-16-14-35)33-25(32-27)17-19-7-10-21(11-8-19)30-29(38)24-12-9-20-5-3-4-6-23(20)31-24;1-31(2)24-21(16-23(33)34)25(32-11-13-36-14-12-32)30-22(29-24)15-17-3-9-20(10-4-17)28-26(35)18-5-7-19(27)8-6-18/h3-5,8-17H,6-7,18-21H2,1-2H3,(H,33,40)(H,38,39);3-12H,13-18H2,1-2H3,(H,30,38)(H,36,37);3-10H,11-16H2,1-2H3,(H,28,35)(H,33,34). The predicted octanol–water partition coefficient (Wildman–Crippen LogP) is 12.2. The van der Waals surface area contributed by atoms with Crippen LogP contribution in [0.2, 0.25) is 5.02 Å². The van der Waals surface area contributed by atoms with Crippen LogP contribution in [0.1, 0.15) is 94.9 Å². The third-order valence-electron chi connectivity index (χ3n) is 19.2. The number of carboxylic acids is 3. The van der Waals surface area contributed by atoms with Gasteiger partial charge in [0.2, 0.25) is 0 Å². The Morgan fingerprint density at radius 3 is 1.11 bits per heavy atom. The molecule has 7 heterocycles. The summed E-state index contributed by atoms with van der Waals surface area (Å²) in [6.07, 6.45) is 3.07. The molecule has 0 aliphatic carbocycles. The molecular weight excluding hydrogens is 1480 g/mol. The van der Waals surface area contributed by atoms with E-state index in [1.807, 2.05) is 215 Å². The van der Waals surface area contributed by atoms with E-state index >= 15 is 0 Å². The summed E-state index contributed by atoms with van der Waals surface area (Å²) >= 11 is 5.89. The van der Waals surface area contributed by atoms with Crippen LogP contribution >= 0.6 is 11.6 Å². The molecule has 6 N–H and O–H groups in total. The van der Waals surface area contributed by atoms with Crippen LogP contribution in [-0.4, -0.2) is 194 Å². The lowest BCUT2D eigenvalue weighted by atomic mass is 10.0. The number of pyridine rings is 1. The van der Waals surface area contributed by atoms with Crippen LogP contribution in [0, 0.1) is 0 Å². The largest absolute Gasteiger partial charge is 0.481 e. The molecule has 3 fully saturated rings. The number of hydrogen-bond donors (Lipinski definition) is 6. The molecular formula is C87H91ClN16O11. The highest BCUT2D eigenvalue weighted by Gasteiger charge is 2.29. The number of hydrogen-bond acceptors (Lipinski definition) is 21. The molecule has 4 aromatic heterocycles. The summed E-state index contributed by atoms with van der Waals surface area (Å²) in [6.45, 7) is 6.51. The zero-order chi connectivity index (χ0) is 81.1. The number of nitrogens with one attached hydrogen (secondary N) is 3. The maximum atomic E-state index is 12.8. The summed E-state index contributed by atoms with van der Waals surface area (Å²) in [5.74, 6) is 2.20. The van der Waals surface area contributed by atoms with Gasteiger partial charge in [-0.25, -0.2) is 34.9 Å². The molecule has 0 radical (unpaired) electrons. The molecule has 3 saturated heterocycles. The summed E-state index contributed by atoms with van der Waals surface area (Å²) in [5.41, 5.74) is 11.2. The fraction of sp³-hybridized carbons (Fsp3) is 0.276. The Hall–Kier alpha value is -13.0. The van der Waals surface area contributed by atoms with Gasteiger partial charge in [-0.1, -0.05) is 115 Å². The van der Waals surface area contributed by atoms with Crippen molar-refractivity contribution >= 4 is 110 Å². The van der Waals surface area contributed by atoms with Crippen LogP contribution in [0.25, 0.3) is 22.0 Å². The fourth-order valence-electron chi connectivity index (χ4n) is 13.6. The maximum absolute atomic E-state index is 12.8. The van der Waals surface area contributed by atoms with Gasteiger partial charge >= 0.3 is 17.9 Å². The Balaban J connectivity index is 0.000000160. The molecule has 3 amide bonds. The monoisotopic (exact) mass is 1570 g/mol. The third kappa shape index (κ3) is 22.0. The van der Waals surface area contributed by atoms with Gasteiger partial charge in [-0.2, -0.15) is 0 Å². The molecule has 0 spiro atoms. The van der Waals surface area contributed by atoms with Gasteiger partial charge in [0.15, 0.2) is 0 Å². The van der Waals surface area contributed by atoms with Crippen molar-refractivity contribution in [2.45, 2.75) is 51.4 Å². The number of anilines is 9. The van der Waals surface area contributed by atoms with E-state index in [-0.39, 0.29) is 37.0 Å². The molecule has 0 atom stereocenters. The van der Waals surface area contributed by atoms with Gasteiger partial charge in [0.05, 0.1) is 51.2 Å². The van der Waals surface area contributed by atoms with E-state index in [1.165, 1.54) is 0 Å². The number of rotatable bonds is 25. The smallest absolute Gasteiger partial charge is 0.308 e. The van der Waals surface area contributed by atoms with E-state index in [0.717, 1.165) is 70.5 Å². The summed E-state index contributed by atoms with van der Waals surface area (Å²) in [7, 11) is 11.1. The highest BCUT2D eigenvalue weighted by atomic mass is 35.5. The van der Waals surface area contributed by atoms with Crippen molar-refractivity contribution in [3.63, 3.8) is 0 Å². The second kappa shape index (κ2) is 38.5. The van der Waals surface area contributed by atoms with Gasteiger partial charge in [0.1, 0.15) is 58.1 Å². The number of benzene rings is 7. The molecule has 7 aromatic carbocycles. The zero-order valence-electron chi connectivity index (χ0n) is 64.9. The Morgan fingerprint density at radius 2 is 0.730 bits per heavy atom. The van der Waals surface area contributed by atoms with Crippen molar-refractivity contribution in [1.82, 2.24) is 34.9 Å². The molecule has 0 bridgehead atoms. The van der Waals surface area contributed by atoms with Crippen molar-refractivity contribution in [3.8, 4) is 11.1 Å². The van der Waals surface area contributed by atoms with Crippen LogP contribution in [0.4, 0.5) is 52.0 Å². The van der Waals surface area contributed by atoms with Crippen LogP contribution in [0.15, 0.2) is 188 Å². The van der Waals surface area contributed by atoms with Crippen molar-refractivity contribution in [3.05, 3.63) is 261 Å². The van der Waals surface area contributed by atoms with Gasteiger partial charge in [0, 0.05) is 156 Å². The first-order valence-electron chi connectivity index (χ1n) is 37.8. The van der Waals surface area contributed by atoms with Gasteiger partial charge in [-0.3, -0.25) is 28.8 Å². The minimum atomic E-state index is -0.930. The lowest BCUT2D eigenvalue weighted by Gasteiger charge is -2.31. The number of aliphatic carboxylic acids is 3. The molecule has 115 heavy (non-hydrogen) atoms. The number of halogens is 1. The average Bonchev–Trinajstić information content (AvgIpc) is 1.65. The average molecular weight is 1570 g/mol. The summed E-state index contributed by atoms with van der Waals surface area (Å²) in [5, 5.41) is 38.9. The van der Waals surface area contributed by atoms with Gasteiger partial charge in [0.25, 0.3) is 17.7 Å². The number of ether oxygens (including phenoxy) is 2. The van der Waals surface area contributed by atoms with E-state index in [1.54, 1.807) is 30.3 Å². The number of carbonyl (C=O) groups is 6. The first kappa shape index (κ1) is 81.5. The van der Waals surface area contributed by atoms with Crippen molar-refractivity contribution in [2.24, 2.45) is 0 Å². The van der Waals surface area contributed by atoms with E-state index in [4.69, 9.17) is 51.0 Å². The lowest BCUT2D eigenvalue weighted by Crippen LogP contribution is -2.38. The van der Waals surface area contributed by atoms with Gasteiger partial charge in [-0.05, 0) is 126 Å². The van der Waals surface area contributed by atoms with Crippen LogP contribution in [-0.2, 0) is 62.4 Å². The second-order valence-electron chi connectivity index (χ2n) is 28.4. The van der Waals surface area contributed by atoms with Gasteiger partial charge < -0.3 is 70.1 Å². The van der Waals surface area contributed by atoms with Crippen molar-refractivity contribution in [1.29, 1.82) is 0 Å². The first-order valence-corrected chi connectivity index (χ1v) is 38.2. The van der Waals surface area contributed by atoms with Crippen LogP contribution in [0.5, 0.6) is 0 Å². The summed E-state index contributed by atoms with van der Waals surface area (Å²) in [4.78, 5) is 118. The van der Waals surface area contributed by atoms with E-state index < -0.39 is 17.9 Å². The molecule has 27 nitrogen and oxygen atoms in total. The summed E-state index contributed by atoms with van der Waals surface area (Å²) < 4.78 is 11.0. The van der Waals surface area contributed by atoms with Crippen LogP contribution in [0.3, 0.4) is 0 Å². The Morgan fingerprint density at radius 1 is 0.383 bits per heavy atom. The number of nitrogens with zero attached hydrogens (tertiary/aromatic N) is 13. The third-order valence-corrected chi connectivity index (χ3v) is 19.5. The van der Waals surface area contributed by atoms with E-state index in [2.05, 4.69) is 35.6 Å². The summed E-state index contributed by atoms with van der Waals surface area (Å²) in [6, 6.07) is 58.2. The first-order chi connectivity index (χ1) is 55.5. The number of fused-ring (bicyclic) bond motifs is 1. The molecule has 11 aromatic rings. The molecule has 14 rings (SSSR count). The molecule has 0 saturated carbocycles. The number of aromatic nitrogens is 7. The van der Waals surface area contributed by atoms with Gasteiger partial charge in [-0.15, -0.1) is 0 Å². The van der Waals surface area contributed by atoms with Crippen LogP contribution < -0.4 is 45.3 Å². The zero-order valence-corrected chi connectivity index (χ0v) is 65.7. The minimum absolute atomic E-state index is 0.122. The number of amides is 3. The topological polar surface area (TPSA) is 327 Å². The number of carboxylic acid groups (broad SMARTS) is 3. The molecule has 592 valence electrons. The van der Waals surface area contributed by atoms with E-state index in [9.17, 15) is 44.1 Å². The molecule has 3 aliphatic heterocycles. The second-order valence-corrected chi connectivity index (χ2v) is 28.8. The van der Waals surface area contributed by atoms with E-state index in [0.29, 0.717) is 174 Å². The highest BCUT2D eigenvalue weighted by molar-refractivity contribution is 6.30. The maximum Gasteiger partial charge on any atom is 0.308 e. The Labute approximate surface area is 671 Å². The molecule has 28 heteroatoms. The lowest BCUT2D eigenvalue weighted by molar-refractivity contribution is -0.137. The Kier molecular flexibility index (Phi) is 27.3.